The zero-order valence-electron chi connectivity index (χ0n) is 17.1. The zero-order chi connectivity index (χ0) is 20.2. The summed E-state index contributed by atoms with van der Waals surface area (Å²) in [7, 11) is 0. The molecule has 4 rings (SSSR count). The van der Waals surface area contributed by atoms with Gasteiger partial charge in [0, 0.05) is 31.4 Å². The molecule has 0 N–H and O–H groups in total. The van der Waals surface area contributed by atoms with Crippen LogP contribution in [-0.2, 0) is 11.3 Å². The molecule has 0 radical (unpaired) electrons. The second-order valence-electron chi connectivity index (χ2n) is 7.72. The molecule has 0 unspecified atom stereocenters. The first kappa shape index (κ1) is 19.6. The largest absolute Gasteiger partial charge is 0.343 e. The third-order valence-electron chi connectivity index (χ3n) is 5.28. The van der Waals surface area contributed by atoms with E-state index in [1.807, 2.05) is 11.0 Å². The Bertz CT molecular complexity index is 1040. The third kappa shape index (κ3) is 4.67. The van der Waals surface area contributed by atoms with Crippen LogP contribution < -0.4 is 4.80 Å². The smallest absolute Gasteiger partial charge is 0.222 e. The molecule has 2 aromatic carbocycles. The van der Waals surface area contributed by atoms with Crippen molar-refractivity contribution in [2.45, 2.75) is 39.7 Å². The van der Waals surface area contributed by atoms with Crippen molar-refractivity contribution in [3.63, 3.8) is 0 Å². The molecular formula is C24H27N3OS. The van der Waals surface area contributed by atoms with Crippen molar-refractivity contribution in [2.75, 3.05) is 13.1 Å². The molecule has 150 valence electrons. The van der Waals surface area contributed by atoms with Crippen molar-refractivity contribution in [3.8, 4) is 11.3 Å². The van der Waals surface area contributed by atoms with Crippen molar-refractivity contribution in [3.05, 3.63) is 69.8 Å². The molecule has 1 aromatic heterocycles. The van der Waals surface area contributed by atoms with Gasteiger partial charge >= 0.3 is 0 Å². The van der Waals surface area contributed by atoms with Crippen molar-refractivity contribution in [1.82, 2.24) is 9.47 Å². The van der Waals surface area contributed by atoms with Crippen molar-refractivity contribution < 1.29 is 4.79 Å². The average molecular weight is 406 g/mol. The van der Waals surface area contributed by atoms with E-state index in [-0.39, 0.29) is 0 Å². The summed E-state index contributed by atoms with van der Waals surface area (Å²) >= 11 is 1.68. The molecule has 0 saturated carbocycles. The Morgan fingerprint density at radius 1 is 1.03 bits per heavy atom. The zero-order valence-corrected chi connectivity index (χ0v) is 17.9. The van der Waals surface area contributed by atoms with E-state index in [0.29, 0.717) is 12.3 Å². The highest BCUT2D eigenvalue weighted by Gasteiger charge is 2.19. The predicted octanol–water partition coefficient (Wildman–Crippen LogP) is 5.08. The van der Waals surface area contributed by atoms with Crippen LogP contribution in [0.15, 0.2) is 58.9 Å². The van der Waals surface area contributed by atoms with Crippen LogP contribution in [0.1, 0.15) is 30.4 Å². The molecule has 0 atom stereocenters. The maximum Gasteiger partial charge on any atom is 0.222 e. The molecule has 4 nitrogen and oxygen atoms in total. The van der Waals surface area contributed by atoms with Gasteiger partial charge in [-0.3, -0.25) is 4.79 Å². The number of nitrogens with zero attached hydrogens (tertiary/aromatic N) is 3. The Kier molecular flexibility index (Phi) is 5.95. The van der Waals surface area contributed by atoms with Gasteiger partial charge in [0.25, 0.3) is 0 Å². The molecule has 0 bridgehead atoms. The number of aromatic nitrogens is 1. The summed E-state index contributed by atoms with van der Waals surface area (Å²) in [5.74, 6) is 0.295. The van der Waals surface area contributed by atoms with Crippen LogP contribution in [0.2, 0.25) is 0 Å². The highest BCUT2D eigenvalue weighted by Crippen LogP contribution is 2.22. The number of carbonyl (C=O) groups excluding carboxylic acids is 1. The minimum Gasteiger partial charge on any atom is -0.343 e. The highest BCUT2D eigenvalue weighted by molar-refractivity contribution is 7.07. The van der Waals surface area contributed by atoms with Crippen LogP contribution in [-0.4, -0.2) is 28.5 Å². The van der Waals surface area contributed by atoms with Crippen LogP contribution in [0.25, 0.3) is 11.3 Å². The van der Waals surface area contributed by atoms with Gasteiger partial charge in [-0.1, -0.05) is 36.4 Å². The Labute approximate surface area is 176 Å². The summed E-state index contributed by atoms with van der Waals surface area (Å²) in [6.45, 7) is 6.78. The first-order chi connectivity index (χ1) is 14.1. The van der Waals surface area contributed by atoms with E-state index in [1.165, 1.54) is 22.4 Å². The summed E-state index contributed by atoms with van der Waals surface area (Å²) in [5, 5.41) is 2.19. The van der Waals surface area contributed by atoms with E-state index in [0.717, 1.165) is 43.0 Å². The average Bonchev–Trinajstić information content (AvgIpc) is 3.28. The Morgan fingerprint density at radius 2 is 1.79 bits per heavy atom. The summed E-state index contributed by atoms with van der Waals surface area (Å²) in [4.78, 5) is 19.9. The number of thiazole rings is 1. The molecule has 0 spiro atoms. The van der Waals surface area contributed by atoms with E-state index >= 15 is 0 Å². The monoisotopic (exact) mass is 405 g/mol. The van der Waals surface area contributed by atoms with Gasteiger partial charge in [-0.2, -0.15) is 0 Å². The second kappa shape index (κ2) is 8.78. The first-order valence-corrected chi connectivity index (χ1v) is 11.1. The SMILES string of the molecule is Cc1cc(C)cc(N=c2scc(-c3ccccc3)n2CCCN2CCCC2=O)c1. The molecule has 5 heteroatoms. The topological polar surface area (TPSA) is 37.6 Å². The van der Waals surface area contributed by atoms with Gasteiger partial charge in [-0.05, 0) is 55.5 Å². The van der Waals surface area contributed by atoms with Gasteiger partial charge < -0.3 is 9.47 Å². The van der Waals surface area contributed by atoms with Crippen LogP contribution in [0.4, 0.5) is 5.69 Å². The van der Waals surface area contributed by atoms with Crippen LogP contribution in [0.3, 0.4) is 0 Å². The van der Waals surface area contributed by atoms with Gasteiger partial charge in [0.1, 0.15) is 0 Å². The van der Waals surface area contributed by atoms with Crippen molar-refractivity contribution >= 4 is 22.9 Å². The lowest BCUT2D eigenvalue weighted by Crippen LogP contribution is -2.27. The van der Waals surface area contributed by atoms with Crippen LogP contribution in [0, 0.1) is 13.8 Å². The maximum atomic E-state index is 11.9. The Hall–Kier alpha value is -2.66. The number of likely N-dealkylation sites (tertiary alicyclic amines) is 1. The number of aryl methyl sites for hydroxylation is 2. The lowest BCUT2D eigenvalue weighted by Gasteiger charge is -2.16. The molecule has 1 fully saturated rings. The van der Waals surface area contributed by atoms with Gasteiger partial charge in [0.2, 0.25) is 5.91 Å². The number of hydrogen-bond donors (Lipinski definition) is 0. The summed E-state index contributed by atoms with van der Waals surface area (Å²) in [6, 6.07) is 16.9. The summed E-state index contributed by atoms with van der Waals surface area (Å²) in [6.07, 6.45) is 2.63. The number of amides is 1. The Morgan fingerprint density at radius 3 is 2.48 bits per heavy atom. The van der Waals surface area contributed by atoms with Gasteiger partial charge in [0.05, 0.1) is 11.4 Å². The highest BCUT2D eigenvalue weighted by atomic mass is 32.1. The van der Waals surface area contributed by atoms with Crippen molar-refractivity contribution in [2.24, 2.45) is 4.99 Å². The van der Waals surface area contributed by atoms with E-state index < -0.39 is 0 Å². The quantitative estimate of drug-likeness (QED) is 0.564. The predicted molar refractivity (Wildman–Crippen MR) is 119 cm³/mol. The van der Waals surface area contributed by atoms with Gasteiger partial charge in [0.15, 0.2) is 4.80 Å². The third-order valence-corrected chi connectivity index (χ3v) is 6.14. The van der Waals surface area contributed by atoms with E-state index in [4.69, 9.17) is 4.99 Å². The van der Waals surface area contributed by atoms with Crippen LogP contribution >= 0.6 is 11.3 Å². The first-order valence-electron chi connectivity index (χ1n) is 10.2. The molecule has 1 amide bonds. The summed E-state index contributed by atoms with van der Waals surface area (Å²) < 4.78 is 2.30. The summed E-state index contributed by atoms with van der Waals surface area (Å²) in [5.41, 5.74) is 5.83. The normalized spacial score (nSPS) is 14.8. The van der Waals surface area contributed by atoms with E-state index in [2.05, 4.69) is 66.3 Å². The van der Waals surface area contributed by atoms with E-state index in [1.54, 1.807) is 11.3 Å². The fourth-order valence-electron chi connectivity index (χ4n) is 3.96. The maximum absolute atomic E-state index is 11.9. The molecular weight excluding hydrogens is 378 g/mol. The minimum atomic E-state index is 0.295. The molecule has 1 saturated heterocycles. The molecule has 2 heterocycles. The lowest BCUT2D eigenvalue weighted by molar-refractivity contribution is -0.127. The molecule has 1 aliphatic rings. The number of carbonyl (C=O) groups is 1. The second-order valence-corrected chi connectivity index (χ2v) is 8.55. The minimum absolute atomic E-state index is 0.295. The van der Waals surface area contributed by atoms with Crippen LogP contribution in [0.5, 0.6) is 0 Å². The lowest BCUT2D eigenvalue weighted by atomic mass is 10.1. The number of hydrogen-bond acceptors (Lipinski definition) is 3. The number of rotatable bonds is 6. The molecule has 29 heavy (non-hydrogen) atoms. The number of benzene rings is 2. The fourth-order valence-corrected chi connectivity index (χ4v) is 4.92. The molecule has 1 aliphatic heterocycles. The van der Waals surface area contributed by atoms with E-state index in [9.17, 15) is 4.79 Å². The van der Waals surface area contributed by atoms with Gasteiger partial charge in [-0.15, -0.1) is 11.3 Å². The fraction of sp³-hybridized carbons (Fsp3) is 0.333. The standard InChI is InChI=1S/C24H27N3OS/c1-18-14-19(2)16-21(15-18)25-24-27(13-7-12-26-11-6-10-23(26)28)22(17-29-24)20-8-4-3-5-9-20/h3-5,8-9,14-17H,6-7,10-13H2,1-2H3. The van der Waals surface area contributed by atoms with Crippen molar-refractivity contribution in [1.29, 1.82) is 0 Å². The Balaban J connectivity index is 1.66. The molecule has 0 aliphatic carbocycles. The molecule has 3 aromatic rings. The van der Waals surface area contributed by atoms with Gasteiger partial charge in [-0.25, -0.2) is 4.99 Å².